The topological polar surface area (TPSA) is 79.5 Å². The Labute approximate surface area is 131 Å². The summed E-state index contributed by atoms with van der Waals surface area (Å²) in [7, 11) is 0. The van der Waals surface area contributed by atoms with Crippen molar-refractivity contribution in [2.24, 2.45) is 0 Å². The molecule has 1 rings (SSSR count). The van der Waals surface area contributed by atoms with Gasteiger partial charge in [0, 0.05) is 18.3 Å². The van der Waals surface area contributed by atoms with Crippen molar-refractivity contribution in [3.63, 3.8) is 0 Å². The van der Waals surface area contributed by atoms with Crippen LogP contribution in [-0.2, 0) is 11.3 Å². The Morgan fingerprint density at radius 3 is 2.50 bits per heavy atom. The molecule has 6 heteroatoms. The Kier molecular flexibility index (Phi) is 6.22. The summed E-state index contributed by atoms with van der Waals surface area (Å²) >= 11 is 0. The van der Waals surface area contributed by atoms with Gasteiger partial charge in [0.05, 0.1) is 0 Å². The summed E-state index contributed by atoms with van der Waals surface area (Å²) in [5.74, 6) is 0. The molecule has 1 aromatic rings. The number of benzene rings is 1. The van der Waals surface area contributed by atoms with E-state index in [2.05, 4.69) is 16.0 Å². The number of carbonyl (C=O) groups is 2. The van der Waals surface area contributed by atoms with Crippen molar-refractivity contribution in [3.05, 3.63) is 29.8 Å². The number of ether oxygens (including phenoxy) is 1. The normalized spacial score (nSPS) is 11.0. The first-order chi connectivity index (χ1) is 10.2. The molecule has 0 bridgehead atoms. The van der Waals surface area contributed by atoms with E-state index >= 15 is 0 Å². The van der Waals surface area contributed by atoms with E-state index in [1.54, 1.807) is 12.1 Å². The van der Waals surface area contributed by atoms with Gasteiger partial charge in [0.15, 0.2) is 0 Å². The second kappa shape index (κ2) is 7.68. The van der Waals surface area contributed by atoms with E-state index in [0.29, 0.717) is 12.2 Å². The lowest BCUT2D eigenvalue weighted by Gasteiger charge is -2.19. The van der Waals surface area contributed by atoms with E-state index < -0.39 is 11.7 Å². The highest BCUT2D eigenvalue weighted by atomic mass is 16.6. The maximum atomic E-state index is 11.6. The zero-order valence-corrected chi connectivity index (χ0v) is 13.8. The fourth-order valence-corrected chi connectivity index (χ4v) is 1.68. The van der Waals surface area contributed by atoms with Gasteiger partial charge in [0.2, 0.25) is 0 Å². The number of rotatable bonds is 4. The fourth-order valence-electron chi connectivity index (χ4n) is 1.68. The van der Waals surface area contributed by atoms with Gasteiger partial charge in [-0.3, -0.25) is 0 Å². The quantitative estimate of drug-likeness (QED) is 0.799. The molecule has 0 radical (unpaired) electrons. The van der Waals surface area contributed by atoms with Crippen LogP contribution in [-0.4, -0.2) is 23.8 Å². The third-order valence-electron chi connectivity index (χ3n) is 2.44. The Hall–Kier alpha value is -2.24. The van der Waals surface area contributed by atoms with Crippen LogP contribution in [0.2, 0.25) is 0 Å². The molecular formula is C16H25N3O3. The highest BCUT2D eigenvalue weighted by Crippen LogP contribution is 2.11. The van der Waals surface area contributed by atoms with Gasteiger partial charge in [0.1, 0.15) is 5.60 Å². The molecule has 0 saturated carbocycles. The Morgan fingerprint density at radius 1 is 1.23 bits per heavy atom. The summed E-state index contributed by atoms with van der Waals surface area (Å²) in [5, 5.41) is 8.17. The van der Waals surface area contributed by atoms with Gasteiger partial charge >= 0.3 is 12.1 Å². The lowest BCUT2D eigenvalue weighted by atomic mass is 10.2. The van der Waals surface area contributed by atoms with Crippen LogP contribution in [0, 0.1) is 0 Å². The molecule has 0 fully saturated rings. The first-order valence-electron chi connectivity index (χ1n) is 7.29. The van der Waals surface area contributed by atoms with Crippen LogP contribution in [0.5, 0.6) is 0 Å². The Morgan fingerprint density at radius 2 is 1.91 bits per heavy atom. The molecule has 0 atom stereocenters. The summed E-state index contributed by atoms with van der Waals surface area (Å²) in [6.07, 6.45) is -0.469. The van der Waals surface area contributed by atoms with Crippen LogP contribution in [0.15, 0.2) is 24.3 Å². The number of hydrogen-bond acceptors (Lipinski definition) is 3. The predicted octanol–water partition coefficient (Wildman–Crippen LogP) is 3.24. The van der Waals surface area contributed by atoms with E-state index in [9.17, 15) is 9.59 Å². The summed E-state index contributed by atoms with van der Waals surface area (Å²) < 4.78 is 5.17. The molecule has 22 heavy (non-hydrogen) atoms. The average Bonchev–Trinajstić information content (AvgIpc) is 2.33. The van der Waals surface area contributed by atoms with Crippen molar-refractivity contribution in [3.8, 4) is 0 Å². The van der Waals surface area contributed by atoms with E-state index in [-0.39, 0.29) is 12.1 Å². The molecule has 3 amide bonds. The third kappa shape index (κ3) is 7.52. The van der Waals surface area contributed by atoms with Crippen LogP contribution < -0.4 is 16.0 Å². The number of nitrogens with one attached hydrogen (secondary N) is 3. The first-order valence-corrected chi connectivity index (χ1v) is 7.29. The van der Waals surface area contributed by atoms with E-state index in [1.165, 1.54) is 0 Å². The van der Waals surface area contributed by atoms with Gasteiger partial charge in [-0.05, 0) is 52.3 Å². The van der Waals surface area contributed by atoms with Crippen molar-refractivity contribution >= 4 is 17.8 Å². The smallest absolute Gasteiger partial charge is 0.407 e. The highest BCUT2D eigenvalue weighted by molar-refractivity contribution is 5.89. The Balaban J connectivity index is 2.54. The maximum absolute atomic E-state index is 11.6. The SMILES string of the molecule is CC(C)NC(=O)Nc1cccc(CNC(=O)OC(C)(C)C)c1. The number of alkyl carbamates (subject to hydrolysis) is 1. The van der Waals surface area contributed by atoms with Gasteiger partial charge in [-0.25, -0.2) is 9.59 Å². The molecule has 0 aliphatic rings. The summed E-state index contributed by atoms with van der Waals surface area (Å²) in [6.45, 7) is 9.54. The standard InChI is InChI=1S/C16H25N3O3/c1-11(2)18-14(20)19-13-8-6-7-12(9-13)10-17-15(21)22-16(3,4)5/h6-9,11H,10H2,1-5H3,(H,17,21)(H2,18,19,20). The van der Waals surface area contributed by atoms with Crippen LogP contribution in [0.1, 0.15) is 40.2 Å². The molecule has 6 nitrogen and oxygen atoms in total. The van der Waals surface area contributed by atoms with Gasteiger partial charge in [-0.1, -0.05) is 12.1 Å². The van der Waals surface area contributed by atoms with Gasteiger partial charge < -0.3 is 20.7 Å². The Bertz CT molecular complexity index is 522. The second-order valence-corrected chi connectivity index (χ2v) is 6.31. The van der Waals surface area contributed by atoms with Gasteiger partial charge in [0.25, 0.3) is 0 Å². The number of carbonyl (C=O) groups excluding carboxylic acids is 2. The predicted molar refractivity (Wildman–Crippen MR) is 86.8 cm³/mol. The van der Waals surface area contributed by atoms with Crippen LogP contribution in [0.25, 0.3) is 0 Å². The monoisotopic (exact) mass is 307 g/mol. The zero-order chi connectivity index (χ0) is 16.8. The number of anilines is 1. The second-order valence-electron chi connectivity index (χ2n) is 6.31. The van der Waals surface area contributed by atoms with Crippen molar-refractivity contribution in [2.45, 2.75) is 52.8 Å². The fraction of sp³-hybridized carbons (Fsp3) is 0.500. The van der Waals surface area contributed by atoms with Crippen molar-refractivity contribution in [2.75, 3.05) is 5.32 Å². The minimum Gasteiger partial charge on any atom is -0.444 e. The van der Waals surface area contributed by atoms with Crippen LogP contribution in [0.3, 0.4) is 0 Å². The lowest BCUT2D eigenvalue weighted by molar-refractivity contribution is 0.0523. The molecule has 0 heterocycles. The molecular weight excluding hydrogens is 282 g/mol. The number of amides is 3. The molecule has 0 aromatic heterocycles. The van der Waals surface area contributed by atoms with Gasteiger partial charge in [-0.2, -0.15) is 0 Å². The number of hydrogen-bond donors (Lipinski definition) is 3. The average molecular weight is 307 g/mol. The van der Waals surface area contributed by atoms with Crippen LogP contribution >= 0.6 is 0 Å². The first kappa shape index (κ1) is 17.8. The van der Waals surface area contributed by atoms with Crippen LogP contribution in [0.4, 0.5) is 15.3 Å². The molecule has 122 valence electrons. The van der Waals surface area contributed by atoms with E-state index in [0.717, 1.165) is 5.56 Å². The van der Waals surface area contributed by atoms with Crippen molar-refractivity contribution in [1.82, 2.24) is 10.6 Å². The van der Waals surface area contributed by atoms with Crippen molar-refractivity contribution in [1.29, 1.82) is 0 Å². The molecule has 3 N–H and O–H groups in total. The largest absolute Gasteiger partial charge is 0.444 e. The molecule has 0 aliphatic heterocycles. The maximum Gasteiger partial charge on any atom is 0.407 e. The van der Waals surface area contributed by atoms with Gasteiger partial charge in [-0.15, -0.1) is 0 Å². The third-order valence-corrected chi connectivity index (χ3v) is 2.44. The molecule has 0 spiro atoms. The minimum atomic E-state index is -0.525. The lowest BCUT2D eigenvalue weighted by Crippen LogP contribution is -2.34. The molecule has 1 aromatic carbocycles. The van der Waals surface area contributed by atoms with E-state index in [1.807, 2.05) is 46.8 Å². The number of urea groups is 1. The van der Waals surface area contributed by atoms with E-state index in [4.69, 9.17) is 4.74 Å². The summed E-state index contributed by atoms with van der Waals surface area (Å²) in [4.78, 5) is 23.2. The van der Waals surface area contributed by atoms with Crippen molar-refractivity contribution < 1.29 is 14.3 Å². The minimum absolute atomic E-state index is 0.0667. The molecule has 0 unspecified atom stereocenters. The molecule has 0 saturated heterocycles. The summed E-state index contributed by atoms with van der Waals surface area (Å²) in [5.41, 5.74) is 1.01. The summed E-state index contributed by atoms with van der Waals surface area (Å²) in [6, 6.07) is 7.08. The zero-order valence-electron chi connectivity index (χ0n) is 13.8. The molecule has 0 aliphatic carbocycles. The highest BCUT2D eigenvalue weighted by Gasteiger charge is 2.15.